The van der Waals surface area contributed by atoms with E-state index in [4.69, 9.17) is 4.74 Å². The Bertz CT molecular complexity index is 117. The molecule has 2 saturated heterocycles. The van der Waals surface area contributed by atoms with Gasteiger partial charge in [0.2, 0.25) is 0 Å². The SMILES string of the molecule is CNN1C[C@H]2CC[C@@H](C1)O2. The molecule has 3 heteroatoms. The lowest BCUT2D eigenvalue weighted by atomic mass is 10.2. The van der Waals surface area contributed by atoms with E-state index >= 15 is 0 Å². The van der Waals surface area contributed by atoms with Crippen LogP contribution in [-0.4, -0.2) is 37.4 Å². The summed E-state index contributed by atoms with van der Waals surface area (Å²) in [6.07, 6.45) is 3.52. The fourth-order valence-corrected chi connectivity index (χ4v) is 1.80. The van der Waals surface area contributed by atoms with Crippen LogP contribution < -0.4 is 5.43 Å². The highest BCUT2D eigenvalue weighted by Crippen LogP contribution is 2.24. The van der Waals surface area contributed by atoms with E-state index in [1.54, 1.807) is 0 Å². The highest BCUT2D eigenvalue weighted by atomic mass is 16.5. The summed E-state index contributed by atoms with van der Waals surface area (Å²) in [5.74, 6) is 0. The third kappa shape index (κ3) is 1.05. The maximum atomic E-state index is 5.65. The first-order valence-electron chi connectivity index (χ1n) is 3.96. The van der Waals surface area contributed by atoms with Crippen LogP contribution in [0.1, 0.15) is 12.8 Å². The summed E-state index contributed by atoms with van der Waals surface area (Å²) in [6.45, 7) is 2.12. The molecule has 0 radical (unpaired) electrons. The lowest BCUT2D eigenvalue weighted by molar-refractivity contribution is -0.0532. The number of morpholine rings is 1. The van der Waals surface area contributed by atoms with E-state index in [1.165, 1.54) is 12.8 Å². The molecule has 10 heavy (non-hydrogen) atoms. The van der Waals surface area contributed by atoms with Crippen molar-refractivity contribution < 1.29 is 4.74 Å². The third-order valence-corrected chi connectivity index (χ3v) is 2.36. The van der Waals surface area contributed by atoms with Crippen LogP contribution in [0.4, 0.5) is 0 Å². The van der Waals surface area contributed by atoms with Gasteiger partial charge in [0.05, 0.1) is 12.2 Å². The molecule has 0 saturated carbocycles. The van der Waals surface area contributed by atoms with Gasteiger partial charge in [-0.1, -0.05) is 0 Å². The fourth-order valence-electron chi connectivity index (χ4n) is 1.80. The Kier molecular flexibility index (Phi) is 1.64. The molecule has 0 amide bonds. The summed E-state index contributed by atoms with van der Waals surface area (Å²) in [4.78, 5) is 0. The number of hydrogen-bond donors (Lipinski definition) is 1. The fraction of sp³-hybridized carbons (Fsp3) is 1.00. The van der Waals surface area contributed by atoms with Crippen LogP contribution in [0.2, 0.25) is 0 Å². The molecular formula is C7H14N2O. The minimum Gasteiger partial charge on any atom is -0.372 e. The van der Waals surface area contributed by atoms with E-state index < -0.39 is 0 Å². The molecule has 2 aliphatic heterocycles. The maximum Gasteiger partial charge on any atom is 0.0721 e. The lowest BCUT2D eigenvalue weighted by Gasteiger charge is -2.30. The molecule has 0 unspecified atom stereocenters. The van der Waals surface area contributed by atoms with Gasteiger partial charge in [0.1, 0.15) is 0 Å². The van der Waals surface area contributed by atoms with Crippen molar-refractivity contribution in [1.82, 2.24) is 10.4 Å². The monoisotopic (exact) mass is 142 g/mol. The summed E-state index contributed by atoms with van der Waals surface area (Å²) in [5, 5.41) is 2.24. The number of ether oxygens (including phenoxy) is 1. The maximum absolute atomic E-state index is 5.65. The highest BCUT2D eigenvalue weighted by molar-refractivity contribution is 4.82. The quantitative estimate of drug-likeness (QED) is 0.557. The molecule has 2 heterocycles. The van der Waals surface area contributed by atoms with Crippen molar-refractivity contribution in [3.63, 3.8) is 0 Å². The van der Waals surface area contributed by atoms with Crippen LogP contribution in [-0.2, 0) is 4.74 Å². The Morgan fingerprint density at radius 1 is 1.30 bits per heavy atom. The van der Waals surface area contributed by atoms with Crippen LogP contribution in [0.3, 0.4) is 0 Å². The molecular weight excluding hydrogens is 128 g/mol. The first-order valence-corrected chi connectivity index (χ1v) is 3.96. The molecule has 0 aliphatic carbocycles. The molecule has 2 rings (SSSR count). The van der Waals surface area contributed by atoms with Crippen LogP contribution in [0.15, 0.2) is 0 Å². The second-order valence-corrected chi connectivity index (χ2v) is 3.09. The minimum atomic E-state index is 0.506. The molecule has 2 atom stereocenters. The van der Waals surface area contributed by atoms with Crippen molar-refractivity contribution >= 4 is 0 Å². The zero-order chi connectivity index (χ0) is 6.97. The topological polar surface area (TPSA) is 24.5 Å². The predicted octanol–water partition coefficient (Wildman–Crippen LogP) is -0.0160. The van der Waals surface area contributed by atoms with Gasteiger partial charge < -0.3 is 4.74 Å². The number of nitrogens with one attached hydrogen (secondary N) is 1. The number of fused-ring (bicyclic) bond motifs is 2. The Balaban J connectivity index is 1.96. The minimum absolute atomic E-state index is 0.506. The summed E-state index contributed by atoms with van der Waals surface area (Å²) >= 11 is 0. The Hall–Kier alpha value is -0.120. The molecule has 2 fully saturated rings. The zero-order valence-corrected chi connectivity index (χ0v) is 6.34. The van der Waals surface area contributed by atoms with Crippen LogP contribution in [0.25, 0.3) is 0 Å². The van der Waals surface area contributed by atoms with E-state index in [0.717, 1.165) is 13.1 Å². The van der Waals surface area contributed by atoms with E-state index in [1.807, 2.05) is 7.05 Å². The predicted molar refractivity (Wildman–Crippen MR) is 38.5 cm³/mol. The summed E-state index contributed by atoms with van der Waals surface area (Å²) in [6, 6.07) is 0. The molecule has 0 aromatic heterocycles. The molecule has 0 aromatic rings. The molecule has 3 nitrogen and oxygen atoms in total. The standard InChI is InChI=1S/C7H14N2O/c1-8-9-4-6-2-3-7(5-9)10-6/h6-8H,2-5H2,1H3/t6-,7+. The van der Waals surface area contributed by atoms with E-state index in [2.05, 4.69) is 10.4 Å². The largest absolute Gasteiger partial charge is 0.372 e. The number of nitrogens with zero attached hydrogens (tertiary/aromatic N) is 1. The molecule has 2 aliphatic rings. The van der Waals surface area contributed by atoms with Crippen molar-refractivity contribution in [2.75, 3.05) is 20.1 Å². The van der Waals surface area contributed by atoms with Gasteiger partial charge in [0.15, 0.2) is 0 Å². The van der Waals surface area contributed by atoms with Gasteiger partial charge in [-0.3, -0.25) is 5.43 Å². The van der Waals surface area contributed by atoms with Crippen molar-refractivity contribution in [2.45, 2.75) is 25.0 Å². The van der Waals surface area contributed by atoms with Crippen LogP contribution in [0.5, 0.6) is 0 Å². The number of hydrogen-bond acceptors (Lipinski definition) is 3. The van der Waals surface area contributed by atoms with Crippen molar-refractivity contribution in [2.24, 2.45) is 0 Å². The van der Waals surface area contributed by atoms with Gasteiger partial charge >= 0.3 is 0 Å². The highest BCUT2D eigenvalue weighted by Gasteiger charge is 2.32. The zero-order valence-electron chi connectivity index (χ0n) is 6.34. The molecule has 1 N–H and O–H groups in total. The van der Waals surface area contributed by atoms with Crippen LogP contribution >= 0.6 is 0 Å². The van der Waals surface area contributed by atoms with Crippen molar-refractivity contribution in [1.29, 1.82) is 0 Å². The molecule has 2 bridgehead atoms. The normalized spacial score (nSPS) is 40.5. The van der Waals surface area contributed by atoms with Gasteiger partial charge in [-0.15, -0.1) is 0 Å². The van der Waals surface area contributed by atoms with E-state index in [0.29, 0.717) is 12.2 Å². The summed E-state index contributed by atoms with van der Waals surface area (Å²) in [7, 11) is 1.98. The Morgan fingerprint density at radius 3 is 2.40 bits per heavy atom. The smallest absolute Gasteiger partial charge is 0.0721 e. The average molecular weight is 142 g/mol. The lowest BCUT2D eigenvalue weighted by Crippen LogP contribution is -2.48. The van der Waals surface area contributed by atoms with Gasteiger partial charge in [0, 0.05) is 13.1 Å². The first kappa shape index (κ1) is 6.58. The number of rotatable bonds is 1. The third-order valence-electron chi connectivity index (χ3n) is 2.36. The Labute approximate surface area is 61.3 Å². The van der Waals surface area contributed by atoms with Gasteiger partial charge in [-0.25, -0.2) is 5.01 Å². The second-order valence-electron chi connectivity index (χ2n) is 3.09. The second kappa shape index (κ2) is 2.49. The van der Waals surface area contributed by atoms with Crippen molar-refractivity contribution in [3.8, 4) is 0 Å². The molecule has 0 aromatic carbocycles. The van der Waals surface area contributed by atoms with E-state index in [-0.39, 0.29) is 0 Å². The van der Waals surface area contributed by atoms with Gasteiger partial charge in [-0.2, -0.15) is 0 Å². The van der Waals surface area contributed by atoms with Crippen molar-refractivity contribution in [3.05, 3.63) is 0 Å². The summed E-state index contributed by atoms with van der Waals surface area (Å²) < 4.78 is 5.65. The molecule has 58 valence electrons. The average Bonchev–Trinajstić information content (AvgIpc) is 2.30. The molecule has 0 spiro atoms. The van der Waals surface area contributed by atoms with Crippen LogP contribution in [0, 0.1) is 0 Å². The van der Waals surface area contributed by atoms with Gasteiger partial charge in [-0.05, 0) is 19.9 Å². The first-order chi connectivity index (χ1) is 4.88. The van der Waals surface area contributed by atoms with Gasteiger partial charge in [0.25, 0.3) is 0 Å². The summed E-state index contributed by atoms with van der Waals surface area (Å²) in [5.41, 5.74) is 3.16. The number of hydrazine groups is 1. The Morgan fingerprint density at radius 2 is 1.90 bits per heavy atom. The van der Waals surface area contributed by atoms with E-state index in [9.17, 15) is 0 Å².